The van der Waals surface area contributed by atoms with Gasteiger partial charge in [0.1, 0.15) is 18.3 Å². The number of nitrogens with one attached hydrogen (secondary N) is 1. The van der Waals surface area contributed by atoms with Gasteiger partial charge in [0.2, 0.25) is 0 Å². The SMILES string of the molecule is C1=CC(c2ccncn2)(c2ccncn2)Cc2[nH]nc(-c3cncs3)c21. The molecular weight excluding hydrogens is 346 g/mol. The van der Waals surface area contributed by atoms with E-state index in [1.54, 1.807) is 36.4 Å². The Morgan fingerprint density at radius 1 is 1.00 bits per heavy atom. The molecule has 1 aliphatic carbocycles. The fraction of sp³-hybridized carbons (Fsp3) is 0.111. The first-order valence-corrected chi connectivity index (χ1v) is 8.93. The number of aromatic nitrogens is 7. The summed E-state index contributed by atoms with van der Waals surface area (Å²) in [6, 6.07) is 3.86. The van der Waals surface area contributed by atoms with Crippen LogP contribution in [0.4, 0.5) is 0 Å². The van der Waals surface area contributed by atoms with E-state index in [1.807, 2.05) is 23.8 Å². The summed E-state index contributed by atoms with van der Waals surface area (Å²) >= 11 is 1.58. The Balaban J connectivity index is 1.67. The molecule has 0 saturated carbocycles. The van der Waals surface area contributed by atoms with Crippen LogP contribution in [0.5, 0.6) is 0 Å². The molecule has 5 rings (SSSR count). The average molecular weight is 359 g/mol. The van der Waals surface area contributed by atoms with Gasteiger partial charge in [-0.25, -0.2) is 19.9 Å². The molecule has 26 heavy (non-hydrogen) atoms. The molecule has 8 heteroatoms. The van der Waals surface area contributed by atoms with Crippen LogP contribution in [0.3, 0.4) is 0 Å². The van der Waals surface area contributed by atoms with Crippen LogP contribution in [-0.2, 0) is 11.8 Å². The van der Waals surface area contributed by atoms with Gasteiger partial charge >= 0.3 is 0 Å². The predicted molar refractivity (Wildman–Crippen MR) is 97.3 cm³/mol. The fourth-order valence-electron chi connectivity index (χ4n) is 3.38. The van der Waals surface area contributed by atoms with E-state index in [-0.39, 0.29) is 0 Å². The number of H-pyrrole nitrogens is 1. The van der Waals surface area contributed by atoms with Crippen molar-refractivity contribution >= 4 is 17.4 Å². The molecular formula is C18H13N7S. The molecule has 0 spiro atoms. The Labute approximate surface area is 153 Å². The van der Waals surface area contributed by atoms with Crippen molar-refractivity contribution in [3.63, 3.8) is 0 Å². The van der Waals surface area contributed by atoms with Gasteiger partial charge in [0.25, 0.3) is 0 Å². The largest absolute Gasteiger partial charge is 0.281 e. The van der Waals surface area contributed by atoms with Crippen molar-refractivity contribution in [3.8, 4) is 10.6 Å². The highest BCUT2D eigenvalue weighted by Crippen LogP contribution is 2.41. The monoisotopic (exact) mass is 359 g/mol. The Morgan fingerprint density at radius 3 is 2.38 bits per heavy atom. The highest BCUT2D eigenvalue weighted by Gasteiger charge is 2.39. The zero-order valence-corrected chi connectivity index (χ0v) is 14.4. The third kappa shape index (κ3) is 2.26. The average Bonchev–Trinajstić information content (AvgIpc) is 3.38. The zero-order chi connectivity index (χ0) is 17.4. The molecule has 0 saturated heterocycles. The van der Waals surface area contributed by atoms with Crippen LogP contribution < -0.4 is 0 Å². The third-order valence-electron chi connectivity index (χ3n) is 4.62. The summed E-state index contributed by atoms with van der Waals surface area (Å²) in [6.45, 7) is 0. The molecule has 0 fully saturated rings. The molecule has 4 aromatic rings. The van der Waals surface area contributed by atoms with Gasteiger partial charge in [-0.3, -0.25) is 10.1 Å². The Hall–Kier alpha value is -3.26. The van der Waals surface area contributed by atoms with E-state index >= 15 is 0 Å². The lowest BCUT2D eigenvalue weighted by Crippen LogP contribution is -2.32. The Bertz CT molecular complexity index is 1020. The van der Waals surface area contributed by atoms with Gasteiger partial charge in [0.05, 0.1) is 27.2 Å². The Morgan fingerprint density at radius 2 is 1.77 bits per heavy atom. The van der Waals surface area contributed by atoms with Crippen molar-refractivity contribution in [2.45, 2.75) is 11.8 Å². The molecule has 0 bridgehead atoms. The Kier molecular flexibility index (Phi) is 3.42. The maximum atomic E-state index is 4.52. The maximum absolute atomic E-state index is 4.52. The van der Waals surface area contributed by atoms with E-state index in [0.29, 0.717) is 6.42 Å². The number of aromatic amines is 1. The van der Waals surface area contributed by atoms with Gasteiger partial charge < -0.3 is 0 Å². The number of hydrogen-bond donors (Lipinski definition) is 1. The molecule has 7 nitrogen and oxygen atoms in total. The summed E-state index contributed by atoms with van der Waals surface area (Å²) in [5.41, 5.74) is 6.17. The summed E-state index contributed by atoms with van der Waals surface area (Å²) in [4.78, 5) is 22.3. The van der Waals surface area contributed by atoms with Crippen molar-refractivity contribution < 1.29 is 0 Å². The number of hydrogen-bond acceptors (Lipinski definition) is 7. The number of fused-ring (bicyclic) bond motifs is 1. The second kappa shape index (κ2) is 5.92. The first kappa shape index (κ1) is 15.0. The number of allylic oxidation sites excluding steroid dienone is 1. The molecule has 0 unspecified atom stereocenters. The fourth-order valence-corrected chi connectivity index (χ4v) is 4.00. The topological polar surface area (TPSA) is 93.1 Å². The van der Waals surface area contributed by atoms with E-state index in [4.69, 9.17) is 0 Å². The summed E-state index contributed by atoms with van der Waals surface area (Å²) < 4.78 is 0. The minimum Gasteiger partial charge on any atom is -0.281 e. The standard InChI is InChI=1S/C18H13N7S/c1-4-18(15-2-5-19-9-22-15,16-3-6-20-10-23-16)7-13-12(1)17(25-24-13)14-8-21-11-26-14/h1-6,8-11H,7H2,(H,24,25). The molecule has 4 heterocycles. The number of thiazole rings is 1. The van der Waals surface area contributed by atoms with E-state index in [1.165, 1.54) is 0 Å². The highest BCUT2D eigenvalue weighted by molar-refractivity contribution is 7.13. The first-order valence-electron chi connectivity index (χ1n) is 8.05. The van der Waals surface area contributed by atoms with E-state index in [0.717, 1.165) is 33.2 Å². The van der Waals surface area contributed by atoms with Crippen LogP contribution in [-0.4, -0.2) is 35.1 Å². The van der Waals surface area contributed by atoms with E-state index in [9.17, 15) is 0 Å². The molecule has 0 radical (unpaired) electrons. The van der Waals surface area contributed by atoms with Gasteiger partial charge in [-0.15, -0.1) is 11.3 Å². The molecule has 1 N–H and O–H groups in total. The minimum absolute atomic E-state index is 0.490. The summed E-state index contributed by atoms with van der Waals surface area (Å²) in [7, 11) is 0. The van der Waals surface area contributed by atoms with Gasteiger partial charge in [0.15, 0.2) is 0 Å². The number of nitrogens with zero attached hydrogens (tertiary/aromatic N) is 6. The minimum atomic E-state index is -0.490. The van der Waals surface area contributed by atoms with Crippen molar-refractivity contribution in [3.05, 3.63) is 77.6 Å². The van der Waals surface area contributed by atoms with Crippen molar-refractivity contribution in [1.29, 1.82) is 0 Å². The number of rotatable bonds is 3. The molecule has 0 aliphatic heterocycles. The van der Waals surface area contributed by atoms with Crippen LogP contribution in [0.25, 0.3) is 16.6 Å². The molecule has 4 aromatic heterocycles. The molecule has 0 amide bonds. The van der Waals surface area contributed by atoms with Gasteiger partial charge in [-0.2, -0.15) is 5.10 Å². The second-order valence-corrected chi connectivity index (χ2v) is 6.89. The lowest BCUT2D eigenvalue weighted by atomic mass is 9.73. The smallest absolute Gasteiger partial charge is 0.115 e. The molecule has 1 aliphatic rings. The van der Waals surface area contributed by atoms with Crippen molar-refractivity contribution in [2.24, 2.45) is 0 Å². The van der Waals surface area contributed by atoms with Crippen LogP contribution in [0, 0.1) is 0 Å². The summed E-state index contributed by atoms with van der Waals surface area (Å²) in [5, 5.41) is 7.72. The lowest BCUT2D eigenvalue weighted by molar-refractivity contribution is 0.578. The van der Waals surface area contributed by atoms with Gasteiger partial charge in [-0.1, -0.05) is 12.2 Å². The predicted octanol–water partition coefficient (Wildman–Crippen LogP) is 2.67. The normalized spacial score (nSPS) is 14.9. The molecule has 126 valence electrons. The summed E-state index contributed by atoms with van der Waals surface area (Å²) in [5.74, 6) is 0. The third-order valence-corrected chi connectivity index (χ3v) is 5.40. The van der Waals surface area contributed by atoms with Crippen molar-refractivity contribution in [1.82, 2.24) is 35.1 Å². The van der Waals surface area contributed by atoms with Crippen LogP contribution in [0.2, 0.25) is 0 Å². The van der Waals surface area contributed by atoms with E-state index < -0.39 is 5.41 Å². The quantitative estimate of drug-likeness (QED) is 0.604. The van der Waals surface area contributed by atoms with E-state index in [2.05, 4.69) is 47.3 Å². The molecule has 0 atom stereocenters. The van der Waals surface area contributed by atoms with Crippen LogP contribution in [0.15, 0.2) is 55.0 Å². The van der Waals surface area contributed by atoms with Crippen LogP contribution in [0.1, 0.15) is 22.6 Å². The maximum Gasteiger partial charge on any atom is 0.115 e. The van der Waals surface area contributed by atoms with Gasteiger partial charge in [-0.05, 0) is 12.1 Å². The first-order chi connectivity index (χ1) is 12.9. The second-order valence-electron chi connectivity index (χ2n) is 6.00. The van der Waals surface area contributed by atoms with Crippen LogP contribution >= 0.6 is 11.3 Å². The summed E-state index contributed by atoms with van der Waals surface area (Å²) in [6.07, 6.45) is 13.4. The lowest BCUT2D eigenvalue weighted by Gasteiger charge is -2.31. The highest BCUT2D eigenvalue weighted by atomic mass is 32.1. The van der Waals surface area contributed by atoms with Gasteiger partial charge in [0, 0.05) is 36.3 Å². The van der Waals surface area contributed by atoms with Crippen molar-refractivity contribution in [2.75, 3.05) is 0 Å². The molecule has 0 aromatic carbocycles. The zero-order valence-electron chi connectivity index (χ0n) is 13.6.